The van der Waals surface area contributed by atoms with Crippen molar-refractivity contribution in [3.05, 3.63) is 70.6 Å². The first-order valence-electron chi connectivity index (χ1n) is 9.55. The predicted octanol–water partition coefficient (Wildman–Crippen LogP) is 2.16. The van der Waals surface area contributed by atoms with E-state index < -0.39 is 0 Å². The largest absolute Gasteiger partial charge is 0.378 e. The topological polar surface area (TPSA) is 63.5 Å². The van der Waals surface area contributed by atoms with E-state index in [-0.39, 0.29) is 5.56 Å². The molecule has 0 aliphatic carbocycles. The first-order chi connectivity index (χ1) is 13.8. The Balaban J connectivity index is 1.68. The Labute approximate surface area is 162 Å². The molecule has 0 radical (unpaired) electrons. The number of anilines is 3. The van der Waals surface area contributed by atoms with Crippen LogP contribution < -0.4 is 15.4 Å². The smallest absolute Gasteiger partial charge is 0.256 e. The van der Waals surface area contributed by atoms with Gasteiger partial charge in [0.2, 0.25) is 5.95 Å². The number of pyridine rings is 1. The summed E-state index contributed by atoms with van der Waals surface area (Å²) in [6, 6.07) is 15.4. The summed E-state index contributed by atoms with van der Waals surface area (Å²) in [5, 5.41) is 0. The summed E-state index contributed by atoms with van der Waals surface area (Å²) in [5.74, 6) is 2.21. The van der Waals surface area contributed by atoms with Gasteiger partial charge in [-0.1, -0.05) is 24.3 Å². The van der Waals surface area contributed by atoms with Crippen molar-refractivity contribution in [3.8, 4) is 5.82 Å². The molecular weight excluding hydrogens is 354 g/mol. The third-order valence-corrected chi connectivity index (χ3v) is 5.21. The molecule has 2 aliphatic rings. The van der Waals surface area contributed by atoms with Gasteiger partial charge in [0, 0.05) is 43.1 Å². The van der Waals surface area contributed by atoms with Gasteiger partial charge in [-0.25, -0.2) is 0 Å². The van der Waals surface area contributed by atoms with Crippen LogP contribution in [0.1, 0.15) is 5.56 Å². The van der Waals surface area contributed by atoms with Crippen LogP contribution in [0.25, 0.3) is 5.82 Å². The van der Waals surface area contributed by atoms with Gasteiger partial charge < -0.3 is 14.5 Å². The van der Waals surface area contributed by atoms with E-state index in [1.165, 1.54) is 0 Å². The molecule has 7 heteroatoms. The molecule has 0 unspecified atom stereocenters. The van der Waals surface area contributed by atoms with Gasteiger partial charge in [-0.15, -0.1) is 0 Å². The van der Waals surface area contributed by atoms with Crippen molar-refractivity contribution in [3.63, 3.8) is 0 Å². The van der Waals surface area contributed by atoms with Crippen molar-refractivity contribution in [2.45, 2.75) is 6.42 Å². The lowest BCUT2D eigenvalue weighted by Crippen LogP contribution is -2.38. The van der Waals surface area contributed by atoms with E-state index in [2.05, 4.69) is 21.9 Å². The average Bonchev–Trinajstić information content (AvgIpc) is 3.19. The number of hydrogen-bond acceptors (Lipinski definition) is 6. The third kappa shape index (κ3) is 2.93. The number of morpholine rings is 1. The monoisotopic (exact) mass is 375 g/mol. The number of para-hydroxylation sites is 1. The number of ether oxygens (including phenoxy) is 1. The number of fused-ring (bicyclic) bond motifs is 1. The highest BCUT2D eigenvalue weighted by atomic mass is 16.5. The summed E-state index contributed by atoms with van der Waals surface area (Å²) in [6.45, 7) is 3.61. The van der Waals surface area contributed by atoms with Crippen molar-refractivity contribution in [2.75, 3.05) is 42.6 Å². The lowest BCUT2D eigenvalue weighted by Gasteiger charge is -2.28. The van der Waals surface area contributed by atoms with Crippen molar-refractivity contribution >= 4 is 17.5 Å². The van der Waals surface area contributed by atoms with Crippen molar-refractivity contribution in [2.24, 2.45) is 0 Å². The van der Waals surface area contributed by atoms with Gasteiger partial charge in [-0.2, -0.15) is 9.97 Å². The molecule has 0 saturated carbocycles. The van der Waals surface area contributed by atoms with E-state index in [1.807, 2.05) is 24.3 Å². The quantitative estimate of drug-likeness (QED) is 0.699. The molecule has 7 nitrogen and oxygen atoms in total. The molecule has 4 heterocycles. The van der Waals surface area contributed by atoms with Crippen LogP contribution >= 0.6 is 0 Å². The summed E-state index contributed by atoms with van der Waals surface area (Å²) in [4.78, 5) is 26.6. The van der Waals surface area contributed by atoms with Crippen LogP contribution in [-0.2, 0) is 11.2 Å². The summed E-state index contributed by atoms with van der Waals surface area (Å²) < 4.78 is 7.10. The van der Waals surface area contributed by atoms with Crippen LogP contribution in [0.3, 0.4) is 0 Å². The minimum absolute atomic E-state index is 0.0884. The van der Waals surface area contributed by atoms with E-state index in [1.54, 1.807) is 22.9 Å². The van der Waals surface area contributed by atoms with Gasteiger partial charge in [0.15, 0.2) is 5.82 Å². The highest BCUT2D eigenvalue weighted by Crippen LogP contribution is 2.36. The molecule has 1 saturated heterocycles. The fraction of sp³-hybridized carbons (Fsp3) is 0.286. The second-order valence-electron chi connectivity index (χ2n) is 6.89. The van der Waals surface area contributed by atoms with Crippen LogP contribution in [0.2, 0.25) is 0 Å². The van der Waals surface area contributed by atoms with Crippen LogP contribution in [-0.4, -0.2) is 47.4 Å². The van der Waals surface area contributed by atoms with Gasteiger partial charge in [-0.05, 0) is 24.6 Å². The molecule has 0 spiro atoms. The van der Waals surface area contributed by atoms with Gasteiger partial charge in [0.05, 0.1) is 13.2 Å². The number of benzene rings is 1. The van der Waals surface area contributed by atoms with E-state index in [0.717, 1.165) is 43.1 Å². The molecule has 5 rings (SSSR count). The molecule has 3 aromatic rings. The van der Waals surface area contributed by atoms with E-state index in [0.29, 0.717) is 25.0 Å². The average molecular weight is 375 g/mol. The van der Waals surface area contributed by atoms with E-state index in [9.17, 15) is 4.79 Å². The number of aromatic nitrogens is 3. The Bertz CT molecular complexity index is 1040. The van der Waals surface area contributed by atoms with Crippen LogP contribution in [0.4, 0.5) is 17.5 Å². The molecule has 1 aromatic carbocycles. The molecule has 142 valence electrons. The predicted molar refractivity (Wildman–Crippen MR) is 108 cm³/mol. The molecule has 0 amide bonds. The molecule has 28 heavy (non-hydrogen) atoms. The minimum atomic E-state index is -0.0884. The van der Waals surface area contributed by atoms with E-state index in [4.69, 9.17) is 14.7 Å². The highest BCUT2D eigenvalue weighted by molar-refractivity contribution is 5.70. The number of nitrogens with zero attached hydrogens (tertiary/aromatic N) is 5. The summed E-state index contributed by atoms with van der Waals surface area (Å²) >= 11 is 0. The Hall–Kier alpha value is -3.19. The molecule has 1 fully saturated rings. The fourth-order valence-electron chi connectivity index (χ4n) is 3.79. The Kier molecular flexibility index (Phi) is 4.29. The standard InChI is InChI=1S/C21H21N5O2/c27-18-8-4-5-10-26(18)20-17-9-11-25(16-6-2-1-3-7-16)19(17)22-21(23-20)24-12-14-28-15-13-24/h1-8,10H,9,11-15H2. The molecule has 2 aliphatic heterocycles. The lowest BCUT2D eigenvalue weighted by molar-refractivity contribution is 0.122. The number of hydrogen-bond donors (Lipinski definition) is 0. The Morgan fingerprint density at radius 2 is 1.61 bits per heavy atom. The zero-order chi connectivity index (χ0) is 18.9. The van der Waals surface area contributed by atoms with Crippen LogP contribution in [0.5, 0.6) is 0 Å². The zero-order valence-corrected chi connectivity index (χ0v) is 15.5. The molecule has 2 aromatic heterocycles. The van der Waals surface area contributed by atoms with Crippen molar-refractivity contribution in [1.82, 2.24) is 14.5 Å². The Morgan fingerprint density at radius 1 is 0.857 bits per heavy atom. The fourth-order valence-corrected chi connectivity index (χ4v) is 3.79. The second kappa shape index (κ2) is 7.09. The van der Waals surface area contributed by atoms with Crippen LogP contribution in [0, 0.1) is 0 Å². The minimum Gasteiger partial charge on any atom is -0.378 e. The van der Waals surface area contributed by atoms with Gasteiger partial charge in [-0.3, -0.25) is 9.36 Å². The zero-order valence-electron chi connectivity index (χ0n) is 15.5. The highest BCUT2D eigenvalue weighted by Gasteiger charge is 2.29. The lowest BCUT2D eigenvalue weighted by atomic mass is 10.2. The van der Waals surface area contributed by atoms with Gasteiger partial charge in [0.25, 0.3) is 5.56 Å². The molecule has 0 N–H and O–H groups in total. The van der Waals surface area contributed by atoms with E-state index >= 15 is 0 Å². The maximum atomic E-state index is 12.5. The maximum Gasteiger partial charge on any atom is 0.256 e. The number of rotatable bonds is 3. The first kappa shape index (κ1) is 16.9. The summed E-state index contributed by atoms with van der Waals surface area (Å²) in [6.07, 6.45) is 2.57. The van der Waals surface area contributed by atoms with Gasteiger partial charge in [0.1, 0.15) is 5.82 Å². The Morgan fingerprint density at radius 3 is 2.39 bits per heavy atom. The van der Waals surface area contributed by atoms with Crippen molar-refractivity contribution in [1.29, 1.82) is 0 Å². The maximum absolute atomic E-state index is 12.5. The summed E-state index contributed by atoms with van der Waals surface area (Å²) in [5.41, 5.74) is 2.02. The molecule has 0 atom stereocenters. The van der Waals surface area contributed by atoms with Crippen LogP contribution in [0.15, 0.2) is 59.5 Å². The first-order valence-corrected chi connectivity index (χ1v) is 9.55. The summed E-state index contributed by atoms with van der Waals surface area (Å²) in [7, 11) is 0. The molecule has 0 bridgehead atoms. The second-order valence-corrected chi connectivity index (χ2v) is 6.89. The van der Waals surface area contributed by atoms with Crippen molar-refractivity contribution < 1.29 is 4.74 Å². The SMILES string of the molecule is O=c1ccccn1-c1nc(N2CCOCC2)nc2c1CCN2c1ccccc1. The third-order valence-electron chi connectivity index (χ3n) is 5.21. The molecular formula is C21H21N5O2. The van der Waals surface area contributed by atoms with Gasteiger partial charge >= 0.3 is 0 Å². The normalized spacial score (nSPS) is 16.3.